The monoisotopic (exact) mass is 348 g/mol. The van der Waals surface area contributed by atoms with Crippen LogP contribution in [0.1, 0.15) is 59.3 Å². The summed E-state index contributed by atoms with van der Waals surface area (Å²) in [6.45, 7) is 7.96. The lowest BCUT2D eigenvalue weighted by atomic mass is 10.3. The predicted molar refractivity (Wildman–Crippen MR) is 93.2 cm³/mol. The van der Waals surface area contributed by atoms with Gasteiger partial charge >= 0.3 is 7.25 Å². The average Bonchev–Trinajstić information content (AvgIpc) is 2.44. The minimum Gasteiger partial charge on any atom is -0.418 e. The number of hydrogen-bond acceptors (Lipinski definition) is 1. The highest BCUT2D eigenvalue weighted by atomic mass is 31.2. The fourth-order valence-electron chi connectivity index (χ4n) is 2.44. The van der Waals surface area contributed by atoms with Crippen LogP contribution in [0, 0.1) is 0 Å². The third kappa shape index (κ3) is 18.2. The summed E-state index contributed by atoms with van der Waals surface area (Å²) < 4.78 is 44.4. The summed E-state index contributed by atoms with van der Waals surface area (Å²) in [5.74, 6) is 0. The molecular formula is C15H34BF4OP. The molecule has 0 aliphatic rings. The summed E-state index contributed by atoms with van der Waals surface area (Å²) in [7, 11) is -4.83. The van der Waals surface area contributed by atoms with E-state index in [0.29, 0.717) is 0 Å². The second-order valence-electron chi connectivity index (χ2n) is 5.78. The smallest absolute Gasteiger partial charge is 0.418 e. The molecule has 0 amide bonds. The van der Waals surface area contributed by atoms with E-state index in [1.807, 2.05) is 7.11 Å². The molecule has 0 N–H and O–H groups in total. The Morgan fingerprint density at radius 1 is 0.727 bits per heavy atom. The van der Waals surface area contributed by atoms with Gasteiger partial charge in [-0.15, -0.1) is 0 Å². The van der Waals surface area contributed by atoms with E-state index in [9.17, 15) is 17.3 Å². The molecule has 7 heteroatoms. The van der Waals surface area contributed by atoms with Crippen LogP contribution in [0.5, 0.6) is 0 Å². The molecule has 0 aliphatic carbocycles. The minimum absolute atomic E-state index is 0.687. The van der Waals surface area contributed by atoms with E-state index in [4.69, 9.17) is 4.74 Å². The van der Waals surface area contributed by atoms with Crippen molar-refractivity contribution in [3.05, 3.63) is 0 Å². The quantitative estimate of drug-likeness (QED) is 0.227. The van der Waals surface area contributed by atoms with Gasteiger partial charge in [-0.25, -0.2) is 0 Å². The summed E-state index contributed by atoms with van der Waals surface area (Å²) in [5.41, 5.74) is 0. The van der Waals surface area contributed by atoms with Crippen LogP contribution in [0.4, 0.5) is 17.3 Å². The van der Waals surface area contributed by atoms with Gasteiger partial charge in [0.1, 0.15) is 0 Å². The van der Waals surface area contributed by atoms with Gasteiger partial charge < -0.3 is 22.0 Å². The molecule has 1 nitrogen and oxygen atoms in total. The van der Waals surface area contributed by atoms with Crippen molar-refractivity contribution in [2.45, 2.75) is 59.3 Å². The van der Waals surface area contributed by atoms with Crippen molar-refractivity contribution in [1.82, 2.24) is 0 Å². The van der Waals surface area contributed by atoms with Crippen LogP contribution < -0.4 is 0 Å². The van der Waals surface area contributed by atoms with E-state index in [-0.39, 0.29) is 0 Å². The maximum absolute atomic E-state index is 9.75. The first-order valence-corrected chi connectivity index (χ1v) is 11.0. The molecule has 0 unspecified atom stereocenters. The molecule has 0 bridgehead atoms. The second kappa shape index (κ2) is 14.7. The number of halogens is 4. The summed E-state index contributed by atoms with van der Waals surface area (Å²) in [6.07, 6.45) is 14.3. The van der Waals surface area contributed by atoms with Gasteiger partial charge in [-0.3, -0.25) is 0 Å². The van der Waals surface area contributed by atoms with Crippen molar-refractivity contribution in [3.63, 3.8) is 0 Å². The van der Waals surface area contributed by atoms with Gasteiger partial charge in [-0.1, -0.05) is 40.0 Å². The van der Waals surface area contributed by atoms with Gasteiger partial charge in [-0.2, -0.15) is 0 Å². The van der Waals surface area contributed by atoms with Gasteiger partial charge in [0.25, 0.3) is 0 Å². The van der Waals surface area contributed by atoms with Crippen molar-refractivity contribution in [2.75, 3.05) is 38.4 Å². The summed E-state index contributed by atoms with van der Waals surface area (Å²) in [6, 6.07) is 0. The van der Waals surface area contributed by atoms with E-state index < -0.39 is 14.5 Å². The zero-order valence-corrected chi connectivity index (χ0v) is 15.6. The highest BCUT2D eigenvalue weighted by Crippen LogP contribution is 2.60. The maximum atomic E-state index is 9.75. The summed E-state index contributed by atoms with van der Waals surface area (Å²) in [5, 5.41) is 0. The first-order chi connectivity index (χ1) is 10.2. The molecule has 0 saturated heterocycles. The van der Waals surface area contributed by atoms with Gasteiger partial charge in [-0.05, 0) is 19.3 Å². The first-order valence-electron chi connectivity index (χ1n) is 8.46. The Kier molecular flexibility index (Phi) is 16.4. The Morgan fingerprint density at radius 3 is 1.27 bits per heavy atom. The lowest BCUT2D eigenvalue weighted by Crippen LogP contribution is -2.15. The van der Waals surface area contributed by atoms with Crippen molar-refractivity contribution < 1.29 is 22.0 Å². The highest BCUT2D eigenvalue weighted by molar-refractivity contribution is 7.75. The highest BCUT2D eigenvalue weighted by Gasteiger charge is 2.34. The van der Waals surface area contributed by atoms with Gasteiger partial charge in [0.2, 0.25) is 0 Å². The molecule has 0 aromatic carbocycles. The fourth-order valence-corrected chi connectivity index (χ4v) is 7.31. The molecule has 0 rings (SSSR count). The van der Waals surface area contributed by atoms with E-state index in [1.54, 1.807) is 0 Å². The number of methoxy groups -OCH3 is 1. The van der Waals surface area contributed by atoms with Crippen molar-refractivity contribution >= 4 is 14.5 Å². The number of ether oxygens (including phenoxy) is 1. The first kappa shape index (κ1) is 24.4. The minimum atomic E-state index is -6.00. The molecule has 0 aromatic heterocycles. The molecule has 136 valence electrons. The largest absolute Gasteiger partial charge is 0.673 e. The normalized spacial score (nSPS) is 12.0. The van der Waals surface area contributed by atoms with Gasteiger partial charge in [0.15, 0.2) is 0 Å². The SMILES string of the molecule is CCCC[P+](CCCC)(CCCC)CCOC.F[B-](F)(F)F. The van der Waals surface area contributed by atoms with Crippen LogP contribution in [0.2, 0.25) is 0 Å². The van der Waals surface area contributed by atoms with Crippen molar-refractivity contribution in [2.24, 2.45) is 0 Å². The van der Waals surface area contributed by atoms with E-state index >= 15 is 0 Å². The van der Waals surface area contributed by atoms with E-state index in [0.717, 1.165) is 6.61 Å². The van der Waals surface area contributed by atoms with E-state index in [2.05, 4.69) is 20.8 Å². The van der Waals surface area contributed by atoms with Crippen molar-refractivity contribution in [3.8, 4) is 0 Å². The molecule has 0 fully saturated rings. The van der Waals surface area contributed by atoms with Crippen LogP contribution in [0.3, 0.4) is 0 Å². The third-order valence-corrected chi connectivity index (χ3v) is 8.65. The predicted octanol–water partition coefficient (Wildman–Crippen LogP) is 6.35. The lowest BCUT2D eigenvalue weighted by molar-refractivity contribution is 0.217. The molecule has 22 heavy (non-hydrogen) atoms. The summed E-state index contributed by atoms with van der Waals surface area (Å²) in [4.78, 5) is 0. The number of rotatable bonds is 12. The Hall–Kier alpha value is 0.175. The Balaban J connectivity index is 0. The van der Waals surface area contributed by atoms with Crippen molar-refractivity contribution in [1.29, 1.82) is 0 Å². The Bertz CT molecular complexity index is 197. The van der Waals surface area contributed by atoms with Crippen LogP contribution in [-0.2, 0) is 4.74 Å². The Morgan fingerprint density at radius 2 is 1.05 bits per heavy atom. The van der Waals surface area contributed by atoms with Crippen LogP contribution >= 0.6 is 7.26 Å². The standard InChI is InChI=1S/C15H34OP.BF4/c1-5-8-12-17(13-9-6-2,14-10-7-3)15-11-16-4;2-1(3,4)5/h5-15H2,1-4H3;/q+1;-1. The molecule has 0 radical (unpaired) electrons. The number of unbranched alkanes of at least 4 members (excludes halogenated alkanes) is 3. The van der Waals surface area contributed by atoms with Crippen LogP contribution in [0.15, 0.2) is 0 Å². The zero-order valence-electron chi connectivity index (χ0n) is 14.7. The summed E-state index contributed by atoms with van der Waals surface area (Å²) >= 11 is 0. The fraction of sp³-hybridized carbons (Fsp3) is 1.00. The molecule has 0 aromatic rings. The molecule has 0 saturated carbocycles. The van der Waals surface area contributed by atoms with E-state index in [1.165, 1.54) is 63.2 Å². The molecule has 0 spiro atoms. The third-order valence-electron chi connectivity index (χ3n) is 3.73. The molecule has 0 heterocycles. The molecular weight excluding hydrogens is 314 g/mol. The topological polar surface area (TPSA) is 9.23 Å². The lowest BCUT2D eigenvalue weighted by Gasteiger charge is -2.27. The average molecular weight is 348 g/mol. The van der Waals surface area contributed by atoms with Crippen LogP contribution in [-0.4, -0.2) is 45.6 Å². The van der Waals surface area contributed by atoms with Gasteiger partial charge in [0.05, 0.1) is 31.3 Å². The Labute approximate surface area is 135 Å². The van der Waals surface area contributed by atoms with Crippen LogP contribution in [0.25, 0.3) is 0 Å². The second-order valence-corrected chi connectivity index (χ2v) is 10.3. The van der Waals surface area contributed by atoms with Gasteiger partial charge in [0, 0.05) is 14.4 Å². The maximum Gasteiger partial charge on any atom is 0.673 e. The number of hydrogen-bond donors (Lipinski definition) is 0. The zero-order chi connectivity index (χ0) is 17.5. The molecule has 0 aliphatic heterocycles. The molecule has 0 atom stereocenters.